The lowest BCUT2D eigenvalue weighted by atomic mass is 10.0. The second kappa shape index (κ2) is 14.7. The molecule has 0 radical (unpaired) electrons. The highest BCUT2D eigenvalue weighted by Crippen LogP contribution is 2.27. The lowest BCUT2D eigenvalue weighted by Crippen LogP contribution is -2.53. The van der Waals surface area contributed by atoms with Crippen LogP contribution in [-0.2, 0) is 32.6 Å². The van der Waals surface area contributed by atoms with Gasteiger partial charge in [0.2, 0.25) is 11.8 Å². The summed E-state index contributed by atoms with van der Waals surface area (Å²) in [6, 6.07) is 28.7. The maximum Gasteiger partial charge on any atom is 0.264 e. The fourth-order valence-corrected chi connectivity index (χ4v) is 6.50. The van der Waals surface area contributed by atoms with Crippen molar-refractivity contribution in [1.29, 1.82) is 0 Å². The van der Waals surface area contributed by atoms with Crippen molar-refractivity contribution in [3.63, 3.8) is 0 Å². The molecule has 7 nitrogen and oxygen atoms in total. The fourth-order valence-electron chi connectivity index (χ4n) is 4.63. The van der Waals surface area contributed by atoms with E-state index in [4.69, 9.17) is 11.6 Å². The first-order valence-corrected chi connectivity index (χ1v) is 16.4. The minimum Gasteiger partial charge on any atom is -0.355 e. The molecule has 4 aromatic carbocycles. The predicted octanol–water partition coefficient (Wildman–Crippen LogP) is 6.38. The topological polar surface area (TPSA) is 86.8 Å². The van der Waals surface area contributed by atoms with E-state index in [0.717, 1.165) is 19.9 Å². The highest BCUT2D eigenvalue weighted by Gasteiger charge is 2.34. The third-order valence-electron chi connectivity index (χ3n) is 6.92. The summed E-state index contributed by atoms with van der Waals surface area (Å²) in [5, 5.41) is 3.29. The largest absolute Gasteiger partial charge is 0.355 e. The molecule has 0 aromatic heterocycles. The van der Waals surface area contributed by atoms with Crippen LogP contribution in [0.2, 0.25) is 5.02 Å². The molecule has 0 spiro atoms. The van der Waals surface area contributed by atoms with Gasteiger partial charge >= 0.3 is 0 Å². The van der Waals surface area contributed by atoms with E-state index < -0.39 is 28.5 Å². The van der Waals surface area contributed by atoms with Crippen LogP contribution in [0.4, 0.5) is 5.69 Å². The van der Waals surface area contributed by atoms with Gasteiger partial charge in [0.05, 0.1) is 10.6 Å². The SMILES string of the molecule is CCNC(=O)[C@H](Cc1ccccc1)N(Cc1ccccc1Cl)C(=O)CN(c1ccc(Br)cc1)S(=O)(=O)c1ccc(C)cc1. The van der Waals surface area contributed by atoms with Gasteiger partial charge < -0.3 is 10.2 Å². The van der Waals surface area contributed by atoms with Gasteiger partial charge in [-0.15, -0.1) is 0 Å². The Labute approximate surface area is 266 Å². The lowest BCUT2D eigenvalue weighted by molar-refractivity contribution is -0.140. The number of hydrogen-bond acceptors (Lipinski definition) is 4. The standard InChI is InChI=1S/C33H33BrClN3O4S/c1-3-36-33(40)31(21-25-9-5-4-6-10-25)37(22-26-11-7-8-12-30(26)35)32(39)23-38(28-17-15-27(34)16-18-28)43(41,42)29-19-13-24(2)14-20-29/h4-20,31H,3,21-23H2,1-2H3,(H,36,40)/t31-/m0/s1. The Kier molecular flexibility index (Phi) is 11.0. The summed E-state index contributed by atoms with van der Waals surface area (Å²) in [5.41, 5.74) is 2.71. The second-order valence-corrected chi connectivity index (χ2v) is 13.2. The quantitative estimate of drug-likeness (QED) is 0.188. The molecular weight excluding hydrogens is 650 g/mol. The van der Waals surface area contributed by atoms with E-state index in [1.807, 2.05) is 37.3 Å². The minimum atomic E-state index is -4.16. The number of likely N-dealkylation sites (N-methyl/N-ethyl adjacent to an activating group) is 1. The third-order valence-corrected chi connectivity index (χ3v) is 9.61. The first kappa shape index (κ1) is 32.3. The van der Waals surface area contributed by atoms with Gasteiger partial charge in [-0.2, -0.15) is 0 Å². The highest BCUT2D eigenvalue weighted by molar-refractivity contribution is 9.10. The summed E-state index contributed by atoms with van der Waals surface area (Å²) in [6.07, 6.45) is 0.228. The average molecular weight is 683 g/mol. The number of rotatable bonds is 12. The Bertz CT molecular complexity index is 1650. The van der Waals surface area contributed by atoms with Gasteiger partial charge in [-0.1, -0.05) is 93.8 Å². The molecule has 0 saturated heterocycles. The van der Waals surface area contributed by atoms with Crippen LogP contribution in [0.5, 0.6) is 0 Å². The molecule has 0 bridgehead atoms. The summed E-state index contributed by atoms with van der Waals surface area (Å²) in [7, 11) is -4.16. The molecule has 4 aromatic rings. The molecule has 2 amide bonds. The predicted molar refractivity (Wildman–Crippen MR) is 174 cm³/mol. The molecular formula is C33H33BrClN3O4S. The molecule has 4 rings (SSSR count). The summed E-state index contributed by atoms with van der Waals surface area (Å²) in [6.45, 7) is 3.51. The van der Waals surface area contributed by atoms with E-state index in [0.29, 0.717) is 22.8 Å². The van der Waals surface area contributed by atoms with E-state index in [1.54, 1.807) is 67.6 Å². The Balaban J connectivity index is 1.80. The van der Waals surface area contributed by atoms with Crippen LogP contribution < -0.4 is 9.62 Å². The van der Waals surface area contributed by atoms with E-state index in [2.05, 4.69) is 21.2 Å². The smallest absolute Gasteiger partial charge is 0.264 e. The molecule has 0 saturated carbocycles. The Morgan fingerprint density at radius 1 is 0.884 bits per heavy atom. The number of benzene rings is 4. The Morgan fingerprint density at radius 3 is 2.14 bits per heavy atom. The molecule has 224 valence electrons. The van der Waals surface area contributed by atoms with Gasteiger partial charge in [0.25, 0.3) is 10.0 Å². The lowest BCUT2D eigenvalue weighted by Gasteiger charge is -2.34. The number of carbonyl (C=O) groups excluding carboxylic acids is 2. The van der Waals surface area contributed by atoms with Crippen molar-refractivity contribution in [2.75, 3.05) is 17.4 Å². The van der Waals surface area contributed by atoms with Crippen LogP contribution in [0, 0.1) is 6.92 Å². The van der Waals surface area contributed by atoms with Gasteiger partial charge in [0, 0.05) is 29.0 Å². The van der Waals surface area contributed by atoms with E-state index in [-0.39, 0.29) is 23.8 Å². The minimum absolute atomic E-state index is 0.00585. The average Bonchev–Trinajstić information content (AvgIpc) is 3.00. The number of hydrogen-bond donors (Lipinski definition) is 1. The molecule has 10 heteroatoms. The van der Waals surface area contributed by atoms with E-state index >= 15 is 0 Å². The first-order chi connectivity index (χ1) is 20.6. The van der Waals surface area contributed by atoms with Crippen molar-refractivity contribution in [3.8, 4) is 0 Å². The van der Waals surface area contributed by atoms with Crippen molar-refractivity contribution in [2.45, 2.75) is 37.8 Å². The van der Waals surface area contributed by atoms with Crippen LogP contribution in [0.3, 0.4) is 0 Å². The number of carbonyl (C=O) groups is 2. The first-order valence-electron chi connectivity index (χ1n) is 13.8. The van der Waals surface area contributed by atoms with Crippen LogP contribution in [-0.4, -0.2) is 44.3 Å². The molecule has 0 aliphatic carbocycles. The van der Waals surface area contributed by atoms with Crippen molar-refractivity contribution >= 4 is 55.1 Å². The zero-order valence-electron chi connectivity index (χ0n) is 23.9. The summed E-state index contributed by atoms with van der Waals surface area (Å²) in [4.78, 5) is 29.4. The molecule has 43 heavy (non-hydrogen) atoms. The van der Waals surface area contributed by atoms with Gasteiger partial charge in [-0.3, -0.25) is 13.9 Å². The van der Waals surface area contributed by atoms with Crippen molar-refractivity contribution in [2.24, 2.45) is 0 Å². The zero-order valence-corrected chi connectivity index (χ0v) is 27.1. The summed E-state index contributed by atoms with van der Waals surface area (Å²) >= 11 is 9.91. The van der Waals surface area contributed by atoms with Gasteiger partial charge in [-0.05, 0) is 67.4 Å². The fraction of sp³-hybridized carbons (Fsp3) is 0.212. The highest BCUT2D eigenvalue weighted by atomic mass is 79.9. The van der Waals surface area contributed by atoms with Gasteiger partial charge in [0.15, 0.2) is 0 Å². The van der Waals surface area contributed by atoms with Crippen molar-refractivity contribution < 1.29 is 18.0 Å². The normalized spacial score (nSPS) is 11.9. The molecule has 0 heterocycles. The van der Waals surface area contributed by atoms with Crippen molar-refractivity contribution in [1.82, 2.24) is 10.2 Å². The number of halogens is 2. The number of aryl methyl sites for hydroxylation is 1. The van der Waals surface area contributed by atoms with E-state index in [1.165, 1.54) is 17.0 Å². The summed E-state index contributed by atoms with van der Waals surface area (Å²) in [5.74, 6) is -0.894. The van der Waals surface area contributed by atoms with Crippen molar-refractivity contribution in [3.05, 3.63) is 129 Å². The molecule has 1 atom stereocenters. The maximum atomic E-state index is 14.4. The number of sulfonamides is 1. The number of anilines is 1. The second-order valence-electron chi connectivity index (χ2n) is 10.0. The van der Waals surface area contributed by atoms with Gasteiger partial charge in [-0.25, -0.2) is 8.42 Å². The number of amides is 2. The van der Waals surface area contributed by atoms with Crippen LogP contribution >= 0.6 is 27.5 Å². The Morgan fingerprint density at radius 2 is 1.51 bits per heavy atom. The molecule has 0 fully saturated rings. The van der Waals surface area contributed by atoms with Crippen LogP contribution in [0.25, 0.3) is 0 Å². The molecule has 0 aliphatic rings. The van der Waals surface area contributed by atoms with Crippen LogP contribution in [0.15, 0.2) is 112 Å². The molecule has 0 unspecified atom stereocenters. The molecule has 1 N–H and O–H groups in total. The van der Waals surface area contributed by atoms with E-state index in [9.17, 15) is 18.0 Å². The zero-order chi connectivity index (χ0) is 31.0. The number of nitrogens with one attached hydrogen (secondary N) is 1. The molecule has 0 aliphatic heterocycles. The maximum absolute atomic E-state index is 14.4. The van der Waals surface area contributed by atoms with Crippen LogP contribution in [0.1, 0.15) is 23.6 Å². The number of nitrogens with zero attached hydrogens (tertiary/aromatic N) is 2. The third kappa shape index (κ3) is 8.25. The Hall–Kier alpha value is -3.66. The summed E-state index contributed by atoms with van der Waals surface area (Å²) < 4.78 is 29.9. The monoisotopic (exact) mass is 681 g/mol. The van der Waals surface area contributed by atoms with Gasteiger partial charge in [0.1, 0.15) is 12.6 Å².